The average Bonchev–Trinajstić information content (AvgIpc) is 2.44. The Morgan fingerprint density at radius 2 is 1.95 bits per heavy atom. The van der Waals surface area contributed by atoms with E-state index in [1.807, 2.05) is 0 Å². The van der Waals surface area contributed by atoms with E-state index in [1.54, 1.807) is 31.4 Å². The van der Waals surface area contributed by atoms with E-state index in [1.165, 1.54) is 0 Å². The summed E-state index contributed by atoms with van der Waals surface area (Å²) in [6, 6.07) is 7.11. The van der Waals surface area contributed by atoms with E-state index in [4.69, 9.17) is 14.6 Å². The number of unbranched alkanes of at least 4 members (excludes halogenated alkanes) is 1. The lowest BCUT2D eigenvalue weighted by atomic mass is 10.2. The van der Waals surface area contributed by atoms with Crippen molar-refractivity contribution in [3.63, 3.8) is 0 Å². The number of benzene rings is 1. The minimum Gasteiger partial charge on any atom is -0.491 e. The molecule has 0 heterocycles. The lowest BCUT2D eigenvalue weighted by Gasteiger charge is -2.09. The summed E-state index contributed by atoms with van der Waals surface area (Å²) >= 11 is 0. The fourth-order valence-corrected chi connectivity index (χ4v) is 1.69. The molecular formula is C15H21NO5. The first kappa shape index (κ1) is 17.0. The van der Waals surface area contributed by atoms with Gasteiger partial charge in [-0.3, -0.25) is 9.59 Å². The number of methoxy groups -OCH3 is 1. The number of anilines is 1. The molecule has 6 nitrogen and oxygen atoms in total. The number of carbonyl (C=O) groups is 2. The predicted octanol–water partition coefficient (Wildman–Crippen LogP) is 2.30. The molecule has 0 aromatic heterocycles. The van der Waals surface area contributed by atoms with Gasteiger partial charge in [0.15, 0.2) is 0 Å². The highest BCUT2D eigenvalue weighted by molar-refractivity contribution is 5.90. The van der Waals surface area contributed by atoms with Crippen LogP contribution in [0, 0.1) is 0 Å². The molecular weight excluding hydrogens is 274 g/mol. The van der Waals surface area contributed by atoms with Crippen LogP contribution in [0.15, 0.2) is 24.3 Å². The van der Waals surface area contributed by atoms with Crippen LogP contribution in [0.5, 0.6) is 5.75 Å². The van der Waals surface area contributed by atoms with Crippen molar-refractivity contribution in [3.8, 4) is 5.75 Å². The summed E-state index contributed by atoms with van der Waals surface area (Å²) in [7, 11) is 1.60. The highest BCUT2D eigenvalue weighted by Gasteiger charge is 2.04. The van der Waals surface area contributed by atoms with Crippen LogP contribution >= 0.6 is 0 Å². The molecule has 0 saturated heterocycles. The Balaban J connectivity index is 2.34. The maximum Gasteiger partial charge on any atom is 0.303 e. The van der Waals surface area contributed by atoms with E-state index in [0.29, 0.717) is 43.9 Å². The van der Waals surface area contributed by atoms with Gasteiger partial charge in [-0.1, -0.05) is 6.07 Å². The van der Waals surface area contributed by atoms with Crippen molar-refractivity contribution >= 4 is 17.6 Å². The Hall–Kier alpha value is -2.08. The molecule has 0 bridgehead atoms. The SMILES string of the molecule is COCCOc1cccc(NC(=O)CCCCC(=O)O)c1. The number of hydrogen-bond acceptors (Lipinski definition) is 4. The molecule has 0 fully saturated rings. The van der Waals surface area contributed by atoms with Crippen LogP contribution < -0.4 is 10.1 Å². The van der Waals surface area contributed by atoms with Gasteiger partial charge in [-0.2, -0.15) is 0 Å². The summed E-state index contributed by atoms with van der Waals surface area (Å²) in [4.78, 5) is 22.1. The predicted molar refractivity (Wildman–Crippen MR) is 78.5 cm³/mol. The number of carbonyl (C=O) groups excluding carboxylic acids is 1. The van der Waals surface area contributed by atoms with Crippen molar-refractivity contribution in [3.05, 3.63) is 24.3 Å². The van der Waals surface area contributed by atoms with Crippen molar-refractivity contribution in [2.24, 2.45) is 0 Å². The molecule has 0 saturated carbocycles. The first-order chi connectivity index (χ1) is 10.1. The Morgan fingerprint density at radius 3 is 2.67 bits per heavy atom. The summed E-state index contributed by atoms with van der Waals surface area (Å²) < 4.78 is 10.3. The molecule has 1 aromatic rings. The Labute approximate surface area is 124 Å². The molecule has 0 spiro atoms. The lowest BCUT2D eigenvalue weighted by molar-refractivity contribution is -0.137. The first-order valence-corrected chi connectivity index (χ1v) is 6.85. The summed E-state index contributed by atoms with van der Waals surface area (Å²) in [5, 5.41) is 11.3. The summed E-state index contributed by atoms with van der Waals surface area (Å²) in [6.07, 6.45) is 1.46. The molecule has 0 aliphatic carbocycles. The van der Waals surface area contributed by atoms with Gasteiger partial charge < -0.3 is 19.9 Å². The van der Waals surface area contributed by atoms with E-state index in [9.17, 15) is 9.59 Å². The standard InChI is InChI=1S/C15H21NO5/c1-20-9-10-21-13-6-4-5-12(11-13)16-14(17)7-2-3-8-15(18)19/h4-6,11H,2-3,7-10H2,1H3,(H,16,17)(H,18,19). The Morgan fingerprint density at radius 1 is 1.19 bits per heavy atom. The van der Waals surface area contributed by atoms with Crippen LogP contribution in [0.1, 0.15) is 25.7 Å². The zero-order valence-corrected chi connectivity index (χ0v) is 12.1. The second kappa shape index (κ2) is 9.77. The number of aliphatic carboxylic acids is 1. The number of carboxylic acids is 1. The van der Waals surface area contributed by atoms with Gasteiger partial charge >= 0.3 is 5.97 Å². The topological polar surface area (TPSA) is 84.9 Å². The van der Waals surface area contributed by atoms with E-state index < -0.39 is 5.97 Å². The maximum atomic E-state index is 11.7. The molecule has 0 aliphatic heterocycles. The van der Waals surface area contributed by atoms with E-state index in [0.717, 1.165) is 0 Å². The summed E-state index contributed by atoms with van der Waals surface area (Å²) in [5.41, 5.74) is 0.660. The van der Waals surface area contributed by atoms with Crippen LogP contribution in [0.3, 0.4) is 0 Å². The second-order valence-electron chi connectivity index (χ2n) is 4.52. The molecule has 6 heteroatoms. The number of nitrogens with one attached hydrogen (secondary N) is 1. The van der Waals surface area contributed by atoms with Crippen LogP contribution in [0.25, 0.3) is 0 Å². The van der Waals surface area contributed by atoms with Gasteiger partial charge in [-0.25, -0.2) is 0 Å². The molecule has 116 valence electrons. The minimum atomic E-state index is -0.837. The normalized spacial score (nSPS) is 10.1. The molecule has 0 aliphatic rings. The van der Waals surface area contributed by atoms with E-state index in [2.05, 4.69) is 5.32 Å². The van der Waals surface area contributed by atoms with Gasteiger partial charge in [-0.05, 0) is 25.0 Å². The van der Waals surface area contributed by atoms with E-state index in [-0.39, 0.29) is 12.3 Å². The third-order valence-electron chi connectivity index (χ3n) is 2.72. The lowest BCUT2D eigenvalue weighted by Crippen LogP contribution is -2.11. The summed E-state index contributed by atoms with van der Waals surface area (Å²) in [5.74, 6) is -0.304. The monoisotopic (exact) mass is 295 g/mol. The number of rotatable bonds is 10. The third-order valence-corrected chi connectivity index (χ3v) is 2.72. The van der Waals surface area contributed by atoms with Gasteiger partial charge in [0.25, 0.3) is 0 Å². The van der Waals surface area contributed by atoms with Crippen LogP contribution in [-0.4, -0.2) is 37.3 Å². The first-order valence-electron chi connectivity index (χ1n) is 6.85. The fraction of sp³-hybridized carbons (Fsp3) is 0.467. The highest BCUT2D eigenvalue weighted by Crippen LogP contribution is 2.17. The maximum absolute atomic E-state index is 11.7. The van der Waals surface area contributed by atoms with Crippen molar-refractivity contribution < 1.29 is 24.2 Å². The molecule has 1 rings (SSSR count). The van der Waals surface area contributed by atoms with E-state index >= 15 is 0 Å². The largest absolute Gasteiger partial charge is 0.491 e. The average molecular weight is 295 g/mol. The minimum absolute atomic E-state index is 0.0934. The fourth-order valence-electron chi connectivity index (χ4n) is 1.69. The van der Waals surface area contributed by atoms with Gasteiger partial charge in [0.05, 0.1) is 6.61 Å². The molecule has 1 amide bonds. The smallest absolute Gasteiger partial charge is 0.303 e. The number of carboxylic acid groups (broad SMARTS) is 1. The molecule has 0 atom stereocenters. The van der Waals surface area contributed by atoms with Gasteiger partial charge in [0, 0.05) is 31.7 Å². The number of ether oxygens (including phenoxy) is 2. The quantitative estimate of drug-likeness (QED) is 0.647. The molecule has 0 unspecified atom stereocenters. The van der Waals surface area contributed by atoms with Crippen molar-refractivity contribution in [2.75, 3.05) is 25.6 Å². The van der Waals surface area contributed by atoms with Crippen molar-refractivity contribution in [2.45, 2.75) is 25.7 Å². The van der Waals surface area contributed by atoms with Gasteiger partial charge in [0.1, 0.15) is 12.4 Å². The van der Waals surface area contributed by atoms with Gasteiger partial charge in [0.2, 0.25) is 5.91 Å². The Bertz CT molecular complexity index is 461. The van der Waals surface area contributed by atoms with Gasteiger partial charge in [-0.15, -0.1) is 0 Å². The van der Waals surface area contributed by atoms with Crippen molar-refractivity contribution in [1.29, 1.82) is 0 Å². The number of amides is 1. The zero-order chi connectivity index (χ0) is 15.5. The molecule has 21 heavy (non-hydrogen) atoms. The zero-order valence-electron chi connectivity index (χ0n) is 12.1. The second-order valence-corrected chi connectivity index (χ2v) is 4.52. The number of hydrogen-bond donors (Lipinski definition) is 2. The molecule has 2 N–H and O–H groups in total. The van der Waals surface area contributed by atoms with Crippen molar-refractivity contribution in [1.82, 2.24) is 0 Å². The van der Waals surface area contributed by atoms with Crippen LogP contribution in [-0.2, 0) is 14.3 Å². The Kier molecular flexibility index (Phi) is 7.89. The van der Waals surface area contributed by atoms with Crippen LogP contribution in [0.4, 0.5) is 5.69 Å². The third kappa shape index (κ3) is 7.94. The molecule has 1 aromatic carbocycles. The highest BCUT2D eigenvalue weighted by atomic mass is 16.5. The van der Waals surface area contributed by atoms with Crippen LogP contribution in [0.2, 0.25) is 0 Å². The summed E-state index contributed by atoms with van der Waals surface area (Å²) in [6.45, 7) is 0.948. The molecule has 0 radical (unpaired) electrons.